The zero-order valence-corrected chi connectivity index (χ0v) is 16.0. The van der Waals surface area contributed by atoms with E-state index in [1.165, 1.54) is 5.56 Å². The lowest BCUT2D eigenvalue weighted by molar-refractivity contribution is 0.0669. The molecule has 1 aliphatic heterocycles. The van der Waals surface area contributed by atoms with Crippen molar-refractivity contribution in [2.24, 2.45) is 0 Å². The minimum absolute atomic E-state index is 0.0877. The summed E-state index contributed by atoms with van der Waals surface area (Å²) in [6, 6.07) is 13.4. The summed E-state index contributed by atoms with van der Waals surface area (Å²) >= 11 is 0. The van der Waals surface area contributed by atoms with Crippen LogP contribution in [0, 0.1) is 0 Å². The van der Waals surface area contributed by atoms with Crippen molar-refractivity contribution in [3.05, 3.63) is 59.2 Å². The van der Waals surface area contributed by atoms with Gasteiger partial charge in [-0.2, -0.15) is 0 Å². The maximum absolute atomic E-state index is 12.3. The van der Waals surface area contributed by atoms with Gasteiger partial charge >= 0.3 is 0 Å². The second kappa shape index (κ2) is 9.42. The normalized spacial score (nSPS) is 16.1. The minimum atomic E-state index is -0.0877. The Labute approximate surface area is 160 Å². The number of aryl methyl sites for hydroxylation is 1. The summed E-state index contributed by atoms with van der Waals surface area (Å²) in [6.45, 7) is 3.86. The van der Waals surface area contributed by atoms with Gasteiger partial charge in [-0.3, -0.25) is 4.79 Å². The van der Waals surface area contributed by atoms with Crippen molar-refractivity contribution < 1.29 is 19.0 Å². The molecule has 1 atom stereocenters. The third-order valence-corrected chi connectivity index (χ3v) is 4.75. The lowest BCUT2D eigenvalue weighted by Gasteiger charge is -2.15. The third kappa shape index (κ3) is 5.23. The Morgan fingerprint density at radius 3 is 2.59 bits per heavy atom. The van der Waals surface area contributed by atoms with Crippen molar-refractivity contribution in [1.82, 2.24) is 5.32 Å². The number of benzene rings is 2. The molecular weight excluding hydrogens is 342 g/mol. The molecule has 1 unspecified atom stereocenters. The second-order valence-corrected chi connectivity index (χ2v) is 6.66. The number of ether oxygens (including phenoxy) is 3. The Kier molecular flexibility index (Phi) is 6.71. The van der Waals surface area contributed by atoms with Crippen molar-refractivity contribution in [2.45, 2.75) is 38.8 Å². The molecule has 0 aliphatic carbocycles. The zero-order chi connectivity index (χ0) is 19.1. The number of carbonyl (C=O) groups excluding carboxylic acids is 1. The van der Waals surface area contributed by atoms with Gasteiger partial charge < -0.3 is 19.5 Å². The summed E-state index contributed by atoms with van der Waals surface area (Å²) in [4.78, 5) is 12.3. The molecule has 0 saturated carbocycles. The van der Waals surface area contributed by atoms with Crippen LogP contribution in [0.1, 0.15) is 41.3 Å². The topological polar surface area (TPSA) is 56.8 Å². The summed E-state index contributed by atoms with van der Waals surface area (Å²) in [5.41, 5.74) is 2.83. The largest absolute Gasteiger partial charge is 0.493 e. The molecule has 1 heterocycles. The molecule has 2 aromatic rings. The van der Waals surface area contributed by atoms with Crippen LogP contribution < -0.4 is 14.8 Å². The number of amides is 1. The van der Waals surface area contributed by atoms with Gasteiger partial charge in [0.05, 0.1) is 13.2 Å². The number of carbonyl (C=O) groups is 1. The first kappa shape index (κ1) is 19.2. The third-order valence-electron chi connectivity index (χ3n) is 4.75. The summed E-state index contributed by atoms with van der Waals surface area (Å²) in [7, 11) is 1.62. The Bertz CT molecular complexity index is 751. The molecule has 1 fully saturated rings. The van der Waals surface area contributed by atoms with Crippen LogP contribution in [0.5, 0.6) is 11.5 Å². The van der Waals surface area contributed by atoms with Crippen LogP contribution in [-0.2, 0) is 17.7 Å². The van der Waals surface area contributed by atoms with E-state index in [4.69, 9.17) is 14.2 Å². The SMILES string of the molecule is CCc1ccc(C(=O)NCc2ccc(OCC3CCCO3)c(OC)c2)cc1. The van der Waals surface area contributed by atoms with Crippen LogP contribution in [0.15, 0.2) is 42.5 Å². The van der Waals surface area contributed by atoms with Gasteiger partial charge in [-0.15, -0.1) is 0 Å². The van der Waals surface area contributed by atoms with E-state index in [0.29, 0.717) is 30.2 Å². The molecule has 0 radical (unpaired) electrons. The van der Waals surface area contributed by atoms with Gasteiger partial charge in [0.15, 0.2) is 11.5 Å². The standard InChI is InChI=1S/C22H27NO4/c1-3-16-6-9-18(10-7-16)22(24)23-14-17-8-11-20(21(13-17)25-2)27-15-19-5-4-12-26-19/h6-11,13,19H,3-5,12,14-15H2,1-2H3,(H,23,24). The van der Waals surface area contributed by atoms with E-state index in [1.54, 1.807) is 7.11 Å². The molecule has 0 aromatic heterocycles. The van der Waals surface area contributed by atoms with E-state index in [0.717, 1.165) is 31.4 Å². The molecular formula is C22H27NO4. The number of hydrogen-bond acceptors (Lipinski definition) is 4. The Balaban J connectivity index is 1.56. The van der Waals surface area contributed by atoms with Crippen molar-refractivity contribution in [1.29, 1.82) is 0 Å². The van der Waals surface area contributed by atoms with Crippen LogP contribution in [0.2, 0.25) is 0 Å². The predicted molar refractivity (Wildman–Crippen MR) is 104 cm³/mol. The highest BCUT2D eigenvalue weighted by Gasteiger charge is 2.17. The summed E-state index contributed by atoms with van der Waals surface area (Å²) < 4.78 is 16.9. The van der Waals surface area contributed by atoms with E-state index >= 15 is 0 Å². The number of hydrogen-bond donors (Lipinski definition) is 1. The molecule has 1 aliphatic rings. The van der Waals surface area contributed by atoms with Gasteiger partial charge in [0.25, 0.3) is 5.91 Å². The highest BCUT2D eigenvalue weighted by Crippen LogP contribution is 2.29. The van der Waals surface area contributed by atoms with Crippen molar-refractivity contribution in [3.8, 4) is 11.5 Å². The molecule has 5 nitrogen and oxygen atoms in total. The van der Waals surface area contributed by atoms with E-state index in [1.807, 2.05) is 42.5 Å². The second-order valence-electron chi connectivity index (χ2n) is 6.66. The first-order valence-electron chi connectivity index (χ1n) is 9.48. The smallest absolute Gasteiger partial charge is 0.251 e. The molecule has 5 heteroatoms. The van der Waals surface area contributed by atoms with E-state index < -0.39 is 0 Å². The minimum Gasteiger partial charge on any atom is -0.493 e. The monoisotopic (exact) mass is 369 g/mol. The number of nitrogens with one attached hydrogen (secondary N) is 1. The van der Waals surface area contributed by atoms with Gasteiger partial charge in [-0.25, -0.2) is 0 Å². The van der Waals surface area contributed by atoms with Crippen LogP contribution in [0.25, 0.3) is 0 Å². The van der Waals surface area contributed by atoms with Gasteiger partial charge in [0.2, 0.25) is 0 Å². The molecule has 1 N–H and O–H groups in total. The van der Waals surface area contributed by atoms with Gasteiger partial charge in [-0.1, -0.05) is 25.1 Å². The molecule has 144 valence electrons. The number of methoxy groups -OCH3 is 1. The maximum Gasteiger partial charge on any atom is 0.251 e. The van der Waals surface area contributed by atoms with E-state index in [-0.39, 0.29) is 12.0 Å². The number of rotatable bonds is 8. The summed E-state index contributed by atoms with van der Waals surface area (Å²) in [5, 5.41) is 2.94. The Morgan fingerprint density at radius 2 is 1.93 bits per heavy atom. The molecule has 3 rings (SSSR count). The lowest BCUT2D eigenvalue weighted by atomic mass is 10.1. The zero-order valence-electron chi connectivity index (χ0n) is 16.0. The summed E-state index contributed by atoms with van der Waals surface area (Å²) in [5.74, 6) is 1.26. The molecule has 1 amide bonds. The van der Waals surface area contributed by atoms with Crippen LogP contribution in [0.4, 0.5) is 0 Å². The molecule has 0 spiro atoms. The first-order valence-corrected chi connectivity index (χ1v) is 9.48. The van der Waals surface area contributed by atoms with Crippen molar-refractivity contribution in [2.75, 3.05) is 20.3 Å². The van der Waals surface area contributed by atoms with Crippen molar-refractivity contribution >= 4 is 5.91 Å². The average molecular weight is 369 g/mol. The fourth-order valence-electron chi connectivity index (χ4n) is 3.08. The summed E-state index contributed by atoms with van der Waals surface area (Å²) in [6.07, 6.45) is 3.24. The lowest BCUT2D eigenvalue weighted by Crippen LogP contribution is -2.22. The fourth-order valence-corrected chi connectivity index (χ4v) is 3.08. The Hall–Kier alpha value is -2.53. The van der Waals surface area contributed by atoms with Gasteiger partial charge in [-0.05, 0) is 54.7 Å². The van der Waals surface area contributed by atoms with Crippen LogP contribution in [0.3, 0.4) is 0 Å². The average Bonchev–Trinajstić information content (AvgIpc) is 3.24. The van der Waals surface area contributed by atoms with Gasteiger partial charge in [0.1, 0.15) is 6.61 Å². The molecule has 27 heavy (non-hydrogen) atoms. The fraction of sp³-hybridized carbons (Fsp3) is 0.409. The highest BCUT2D eigenvalue weighted by atomic mass is 16.5. The maximum atomic E-state index is 12.3. The quantitative estimate of drug-likeness (QED) is 0.770. The first-order chi connectivity index (χ1) is 13.2. The van der Waals surface area contributed by atoms with Gasteiger partial charge in [0, 0.05) is 18.7 Å². The predicted octanol–water partition coefficient (Wildman–Crippen LogP) is 3.75. The highest BCUT2D eigenvalue weighted by molar-refractivity contribution is 5.94. The molecule has 1 saturated heterocycles. The van der Waals surface area contributed by atoms with E-state index in [2.05, 4.69) is 12.2 Å². The van der Waals surface area contributed by atoms with Crippen LogP contribution in [-0.4, -0.2) is 32.3 Å². The van der Waals surface area contributed by atoms with Crippen molar-refractivity contribution in [3.63, 3.8) is 0 Å². The van der Waals surface area contributed by atoms with Crippen LogP contribution >= 0.6 is 0 Å². The van der Waals surface area contributed by atoms with E-state index in [9.17, 15) is 4.79 Å². The molecule has 2 aromatic carbocycles. The molecule has 0 bridgehead atoms. The Morgan fingerprint density at radius 1 is 1.15 bits per heavy atom.